The number of carbonyl (C=O) groups is 1. The van der Waals surface area contributed by atoms with Crippen LogP contribution in [0.15, 0.2) is 34.5 Å². The van der Waals surface area contributed by atoms with Crippen LogP contribution in [0.25, 0.3) is 10.9 Å². The van der Waals surface area contributed by atoms with Gasteiger partial charge in [0.15, 0.2) is 0 Å². The standard InChI is InChI=1S/C21H31N5O2/c1-3-5-7-9-20(27)28-17-10-11-19-18(13-17)16(14-24-19)15-25-26-21(22)23-12-8-6-4-2/h10-11,13-15,24H,3-9,12H2,1-2H3,(H3,22,23,26)/b25-15+. The number of ether oxygens (including phenoxy) is 1. The van der Waals surface area contributed by atoms with E-state index in [1.807, 2.05) is 18.3 Å². The smallest absolute Gasteiger partial charge is 0.311 e. The number of benzene rings is 1. The first-order valence-corrected chi connectivity index (χ1v) is 10.0. The average Bonchev–Trinajstić information content (AvgIpc) is 3.08. The van der Waals surface area contributed by atoms with E-state index in [0.29, 0.717) is 24.7 Å². The molecular weight excluding hydrogens is 354 g/mol. The summed E-state index contributed by atoms with van der Waals surface area (Å²) in [5, 5.41) is 5.06. The van der Waals surface area contributed by atoms with Gasteiger partial charge in [0.05, 0.1) is 6.21 Å². The third-order valence-corrected chi connectivity index (χ3v) is 4.33. The van der Waals surface area contributed by atoms with E-state index < -0.39 is 0 Å². The lowest BCUT2D eigenvalue weighted by molar-refractivity contribution is -0.134. The molecule has 0 unspecified atom stereocenters. The number of hydrogen-bond acceptors (Lipinski definition) is 4. The van der Waals surface area contributed by atoms with Crippen molar-refractivity contribution in [2.45, 2.75) is 58.8 Å². The number of fused-ring (bicyclic) bond motifs is 1. The van der Waals surface area contributed by atoms with Crippen LogP contribution in [-0.2, 0) is 4.79 Å². The molecule has 0 aliphatic carbocycles. The summed E-state index contributed by atoms with van der Waals surface area (Å²) in [5.74, 6) is 0.634. The van der Waals surface area contributed by atoms with Crippen molar-refractivity contribution in [3.8, 4) is 5.75 Å². The Labute approximate surface area is 166 Å². The van der Waals surface area contributed by atoms with Crippen molar-refractivity contribution in [1.82, 2.24) is 10.4 Å². The van der Waals surface area contributed by atoms with Crippen molar-refractivity contribution in [2.75, 3.05) is 6.54 Å². The van der Waals surface area contributed by atoms with Gasteiger partial charge in [-0.2, -0.15) is 5.10 Å². The molecular formula is C21H31N5O2. The minimum Gasteiger partial charge on any atom is -0.427 e. The molecule has 28 heavy (non-hydrogen) atoms. The molecule has 1 aromatic carbocycles. The van der Waals surface area contributed by atoms with Crippen molar-refractivity contribution in [2.24, 2.45) is 15.8 Å². The van der Waals surface area contributed by atoms with Gasteiger partial charge in [-0.25, -0.2) is 5.43 Å². The topological polar surface area (TPSA) is 105 Å². The summed E-state index contributed by atoms with van der Waals surface area (Å²) in [5.41, 5.74) is 10.3. The molecule has 0 saturated carbocycles. The number of aromatic amines is 1. The van der Waals surface area contributed by atoms with E-state index in [2.05, 4.69) is 34.4 Å². The second kappa shape index (κ2) is 11.8. The Bertz CT molecular complexity index is 810. The quantitative estimate of drug-likeness (QED) is 0.135. The van der Waals surface area contributed by atoms with E-state index in [-0.39, 0.29) is 5.97 Å². The molecule has 4 N–H and O–H groups in total. The molecule has 0 aliphatic heterocycles. The van der Waals surface area contributed by atoms with Gasteiger partial charge in [0, 0.05) is 35.6 Å². The highest BCUT2D eigenvalue weighted by Gasteiger charge is 2.08. The Morgan fingerprint density at radius 2 is 2.00 bits per heavy atom. The van der Waals surface area contributed by atoms with Crippen LogP contribution >= 0.6 is 0 Å². The van der Waals surface area contributed by atoms with E-state index in [4.69, 9.17) is 10.5 Å². The highest BCUT2D eigenvalue weighted by Crippen LogP contribution is 2.23. The van der Waals surface area contributed by atoms with Crippen molar-refractivity contribution < 1.29 is 9.53 Å². The first-order valence-electron chi connectivity index (χ1n) is 10.0. The Hall–Kier alpha value is -2.83. The molecule has 0 fully saturated rings. The van der Waals surface area contributed by atoms with Gasteiger partial charge in [-0.15, -0.1) is 0 Å². The molecule has 0 bridgehead atoms. The number of nitrogens with zero attached hydrogens (tertiary/aromatic N) is 2. The molecule has 7 nitrogen and oxygen atoms in total. The third-order valence-electron chi connectivity index (χ3n) is 4.33. The van der Waals surface area contributed by atoms with E-state index in [1.165, 1.54) is 0 Å². The van der Waals surface area contributed by atoms with Crippen molar-refractivity contribution in [1.29, 1.82) is 0 Å². The maximum Gasteiger partial charge on any atom is 0.311 e. The fraction of sp³-hybridized carbons (Fsp3) is 0.476. The van der Waals surface area contributed by atoms with Crippen molar-refractivity contribution in [3.63, 3.8) is 0 Å². The number of nitrogens with one attached hydrogen (secondary N) is 2. The lowest BCUT2D eigenvalue weighted by Crippen LogP contribution is -2.27. The lowest BCUT2D eigenvalue weighted by atomic mass is 10.2. The number of unbranched alkanes of at least 4 members (excludes halogenated alkanes) is 4. The van der Waals surface area contributed by atoms with E-state index in [1.54, 1.807) is 12.3 Å². The summed E-state index contributed by atoms with van der Waals surface area (Å²) in [6.07, 6.45) is 10.2. The minimum absolute atomic E-state index is 0.202. The van der Waals surface area contributed by atoms with Gasteiger partial charge in [-0.1, -0.05) is 39.5 Å². The SMILES string of the molecule is CCCCCN=C(N)N/N=C/c1c[nH]c2ccc(OC(=O)CCCCC)cc12. The van der Waals surface area contributed by atoms with Crippen LogP contribution in [0.3, 0.4) is 0 Å². The van der Waals surface area contributed by atoms with Gasteiger partial charge in [-0.05, 0) is 31.0 Å². The number of H-pyrrole nitrogens is 1. The first kappa shape index (κ1) is 21.5. The molecule has 152 valence electrons. The zero-order valence-electron chi connectivity index (χ0n) is 16.8. The van der Waals surface area contributed by atoms with Crippen molar-refractivity contribution >= 4 is 29.0 Å². The zero-order chi connectivity index (χ0) is 20.2. The maximum atomic E-state index is 11.9. The van der Waals surface area contributed by atoms with Gasteiger partial charge in [-0.3, -0.25) is 9.79 Å². The number of carbonyl (C=O) groups excluding carboxylic acids is 1. The highest BCUT2D eigenvalue weighted by atomic mass is 16.5. The normalized spacial score (nSPS) is 12.0. The molecule has 0 saturated heterocycles. The summed E-state index contributed by atoms with van der Waals surface area (Å²) in [4.78, 5) is 19.3. The fourth-order valence-electron chi connectivity index (χ4n) is 2.76. The summed E-state index contributed by atoms with van der Waals surface area (Å²) >= 11 is 0. The van der Waals surface area contributed by atoms with Crippen LogP contribution in [-0.4, -0.2) is 29.7 Å². The zero-order valence-corrected chi connectivity index (χ0v) is 16.8. The van der Waals surface area contributed by atoms with Crippen LogP contribution in [0.4, 0.5) is 0 Å². The van der Waals surface area contributed by atoms with E-state index in [0.717, 1.165) is 55.0 Å². The first-order chi connectivity index (χ1) is 13.6. The monoisotopic (exact) mass is 385 g/mol. The number of rotatable bonds is 11. The van der Waals surface area contributed by atoms with Gasteiger partial charge >= 0.3 is 5.97 Å². The number of hydrazone groups is 1. The molecule has 1 heterocycles. The number of guanidine groups is 1. The minimum atomic E-state index is -0.202. The lowest BCUT2D eigenvalue weighted by Gasteiger charge is -2.04. The second-order valence-electron chi connectivity index (χ2n) is 6.73. The number of esters is 1. The van der Waals surface area contributed by atoms with Crippen LogP contribution in [0.2, 0.25) is 0 Å². The predicted octanol–water partition coefficient (Wildman–Crippen LogP) is 4.08. The van der Waals surface area contributed by atoms with Crippen molar-refractivity contribution in [3.05, 3.63) is 30.0 Å². The van der Waals surface area contributed by atoms with Crippen LogP contribution in [0, 0.1) is 0 Å². The summed E-state index contributed by atoms with van der Waals surface area (Å²) in [6, 6.07) is 5.52. The Morgan fingerprint density at radius 1 is 1.21 bits per heavy atom. The van der Waals surface area contributed by atoms with Crippen LogP contribution < -0.4 is 15.9 Å². The van der Waals surface area contributed by atoms with Crippen LogP contribution in [0.5, 0.6) is 5.75 Å². The maximum absolute atomic E-state index is 11.9. The molecule has 0 spiro atoms. The molecule has 1 aromatic heterocycles. The molecule has 0 atom stereocenters. The molecule has 2 rings (SSSR count). The second-order valence-corrected chi connectivity index (χ2v) is 6.73. The molecule has 0 aliphatic rings. The molecule has 7 heteroatoms. The fourth-order valence-corrected chi connectivity index (χ4v) is 2.76. The summed E-state index contributed by atoms with van der Waals surface area (Å²) < 4.78 is 5.45. The Kier molecular flexibility index (Phi) is 9.04. The number of aliphatic imine (C=N–C) groups is 1. The van der Waals surface area contributed by atoms with E-state index in [9.17, 15) is 4.79 Å². The van der Waals surface area contributed by atoms with Crippen LogP contribution in [0.1, 0.15) is 64.4 Å². The number of nitrogens with two attached hydrogens (primary N) is 1. The van der Waals surface area contributed by atoms with E-state index >= 15 is 0 Å². The van der Waals surface area contributed by atoms with Gasteiger partial charge in [0.1, 0.15) is 5.75 Å². The molecule has 0 radical (unpaired) electrons. The largest absolute Gasteiger partial charge is 0.427 e. The summed E-state index contributed by atoms with van der Waals surface area (Å²) in [6.45, 7) is 4.95. The Morgan fingerprint density at radius 3 is 2.79 bits per heavy atom. The van der Waals surface area contributed by atoms with Gasteiger partial charge < -0.3 is 15.5 Å². The molecule has 0 amide bonds. The highest BCUT2D eigenvalue weighted by molar-refractivity contribution is 6.00. The summed E-state index contributed by atoms with van der Waals surface area (Å²) in [7, 11) is 0. The third kappa shape index (κ3) is 7.06. The Balaban J connectivity index is 1.96. The number of hydrogen-bond donors (Lipinski definition) is 3. The molecule has 2 aromatic rings. The van der Waals surface area contributed by atoms with Gasteiger partial charge in [0.2, 0.25) is 5.96 Å². The van der Waals surface area contributed by atoms with Gasteiger partial charge in [0.25, 0.3) is 0 Å². The predicted molar refractivity (Wildman–Crippen MR) is 115 cm³/mol. The number of aromatic nitrogens is 1. The average molecular weight is 386 g/mol.